The van der Waals surface area contributed by atoms with Gasteiger partial charge in [0, 0.05) is 19.1 Å². The lowest BCUT2D eigenvalue weighted by Gasteiger charge is -2.38. The summed E-state index contributed by atoms with van der Waals surface area (Å²) in [7, 11) is 0. The molecule has 1 aromatic carbocycles. The molecular weight excluding hydrogens is 276 g/mol. The topological polar surface area (TPSA) is 43.2 Å². The van der Waals surface area contributed by atoms with Gasteiger partial charge in [0.2, 0.25) is 0 Å². The fourth-order valence-electron chi connectivity index (χ4n) is 2.99. The van der Waals surface area contributed by atoms with Gasteiger partial charge in [-0.05, 0) is 31.9 Å². The van der Waals surface area contributed by atoms with Gasteiger partial charge in [-0.3, -0.25) is 9.58 Å². The van der Waals surface area contributed by atoms with Crippen LogP contribution in [0.2, 0.25) is 0 Å². The van der Waals surface area contributed by atoms with Crippen molar-refractivity contribution in [3.05, 3.63) is 47.5 Å². The Bertz CT molecular complexity index is 611. The predicted octanol–water partition coefficient (Wildman–Crippen LogP) is 2.36. The molecule has 1 saturated heterocycles. The molecule has 2 atom stereocenters. The molecule has 0 N–H and O–H groups in total. The number of aromatic nitrogens is 3. The molecule has 0 spiro atoms. The smallest absolute Gasteiger partial charge is 0.137 e. The summed E-state index contributed by atoms with van der Waals surface area (Å²) in [5.74, 6) is 0. The molecule has 2 aromatic rings. The van der Waals surface area contributed by atoms with E-state index in [1.807, 2.05) is 4.68 Å². The monoisotopic (exact) mass is 300 g/mol. The summed E-state index contributed by atoms with van der Waals surface area (Å²) in [5.41, 5.74) is 3.91. The molecule has 3 rings (SSSR count). The van der Waals surface area contributed by atoms with Crippen molar-refractivity contribution in [3.63, 3.8) is 0 Å². The van der Waals surface area contributed by atoms with Crippen LogP contribution in [0.3, 0.4) is 0 Å². The number of hydrogen-bond donors (Lipinski definition) is 0. The standard InChI is InChI=1S/C17H24N4O/c1-13-4-5-14(2)16(8-13)17-9-20(15(3)10-22-17)6-7-21-12-18-11-19-21/h4-5,8,11-12,15,17H,6-7,9-10H2,1-3H3/t15-,17-/m1/s1. The maximum absolute atomic E-state index is 6.10. The number of hydrogen-bond acceptors (Lipinski definition) is 4. The van der Waals surface area contributed by atoms with E-state index in [1.165, 1.54) is 16.7 Å². The van der Waals surface area contributed by atoms with Gasteiger partial charge in [-0.15, -0.1) is 0 Å². The molecule has 1 aliphatic heterocycles. The average Bonchev–Trinajstić information content (AvgIpc) is 3.02. The molecule has 2 heterocycles. The van der Waals surface area contributed by atoms with Gasteiger partial charge in [-0.25, -0.2) is 4.98 Å². The van der Waals surface area contributed by atoms with Crippen LogP contribution in [-0.2, 0) is 11.3 Å². The van der Waals surface area contributed by atoms with Crippen LogP contribution >= 0.6 is 0 Å². The van der Waals surface area contributed by atoms with Crippen molar-refractivity contribution >= 4 is 0 Å². The highest BCUT2D eigenvalue weighted by Crippen LogP contribution is 2.27. The van der Waals surface area contributed by atoms with Crippen LogP contribution < -0.4 is 0 Å². The lowest BCUT2D eigenvalue weighted by molar-refractivity contribution is -0.0613. The summed E-state index contributed by atoms with van der Waals surface area (Å²) in [6, 6.07) is 7.04. The van der Waals surface area contributed by atoms with Gasteiger partial charge >= 0.3 is 0 Å². The Morgan fingerprint density at radius 2 is 2.14 bits per heavy atom. The highest BCUT2D eigenvalue weighted by molar-refractivity contribution is 5.32. The van der Waals surface area contributed by atoms with Gasteiger partial charge in [-0.1, -0.05) is 23.8 Å². The van der Waals surface area contributed by atoms with Gasteiger partial charge in [-0.2, -0.15) is 5.10 Å². The fraction of sp³-hybridized carbons (Fsp3) is 0.529. The normalized spacial score (nSPS) is 22.9. The summed E-state index contributed by atoms with van der Waals surface area (Å²) in [4.78, 5) is 6.48. The quantitative estimate of drug-likeness (QED) is 0.869. The lowest BCUT2D eigenvalue weighted by Crippen LogP contribution is -2.46. The summed E-state index contributed by atoms with van der Waals surface area (Å²) in [6.45, 7) is 10.1. The highest BCUT2D eigenvalue weighted by Gasteiger charge is 2.27. The zero-order valence-electron chi connectivity index (χ0n) is 13.6. The number of morpholine rings is 1. The molecule has 0 unspecified atom stereocenters. The van der Waals surface area contributed by atoms with Crippen LogP contribution in [0.1, 0.15) is 29.7 Å². The molecule has 118 valence electrons. The summed E-state index contributed by atoms with van der Waals surface area (Å²) < 4.78 is 7.99. The third-order valence-corrected chi connectivity index (χ3v) is 4.43. The molecule has 22 heavy (non-hydrogen) atoms. The van der Waals surface area contributed by atoms with Gasteiger partial charge in [0.05, 0.1) is 19.3 Å². The molecule has 0 aliphatic carbocycles. The maximum atomic E-state index is 6.10. The Hall–Kier alpha value is -1.72. The Labute approximate surface area is 131 Å². The summed E-state index contributed by atoms with van der Waals surface area (Å²) in [6.07, 6.45) is 3.52. The number of ether oxygens (including phenoxy) is 1. The summed E-state index contributed by atoms with van der Waals surface area (Å²) in [5, 5.41) is 4.18. The van der Waals surface area contributed by atoms with Crippen LogP contribution in [0.5, 0.6) is 0 Å². The minimum absolute atomic E-state index is 0.159. The largest absolute Gasteiger partial charge is 0.371 e. The Kier molecular flexibility index (Phi) is 4.55. The number of aryl methyl sites for hydroxylation is 2. The second-order valence-electron chi connectivity index (χ2n) is 6.18. The third kappa shape index (κ3) is 3.36. The Balaban J connectivity index is 1.68. The SMILES string of the molecule is Cc1ccc(C)c([C@H]2CN(CCn3cncn3)[C@H](C)CO2)c1. The first-order chi connectivity index (χ1) is 10.6. The molecule has 0 bridgehead atoms. The van der Waals surface area contributed by atoms with Crippen molar-refractivity contribution in [1.29, 1.82) is 0 Å². The molecule has 1 fully saturated rings. The van der Waals surface area contributed by atoms with Crippen LogP contribution in [0.4, 0.5) is 0 Å². The van der Waals surface area contributed by atoms with E-state index in [9.17, 15) is 0 Å². The van der Waals surface area contributed by atoms with E-state index in [4.69, 9.17) is 4.74 Å². The van der Waals surface area contributed by atoms with Crippen molar-refractivity contribution < 1.29 is 4.74 Å². The first-order valence-corrected chi connectivity index (χ1v) is 7.88. The van der Waals surface area contributed by atoms with Gasteiger partial charge < -0.3 is 4.74 Å². The van der Waals surface area contributed by atoms with E-state index in [2.05, 4.69) is 54.0 Å². The van der Waals surface area contributed by atoms with Crippen molar-refractivity contribution in [1.82, 2.24) is 19.7 Å². The number of nitrogens with zero attached hydrogens (tertiary/aromatic N) is 4. The molecule has 5 heteroatoms. The van der Waals surface area contributed by atoms with Crippen molar-refractivity contribution in [2.45, 2.75) is 39.5 Å². The van der Waals surface area contributed by atoms with E-state index < -0.39 is 0 Å². The molecule has 5 nitrogen and oxygen atoms in total. The van der Waals surface area contributed by atoms with E-state index in [0.29, 0.717) is 6.04 Å². The third-order valence-electron chi connectivity index (χ3n) is 4.43. The van der Waals surface area contributed by atoms with Crippen LogP contribution in [0, 0.1) is 13.8 Å². The molecule has 1 aromatic heterocycles. The second kappa shape index (κ2) is 6.58. The van der Waals surface area contributed by atoms with E-state index in [-0.39, 0.29) is 6.10 Å². The molecule has 0 saturated carbocycles. The van der Waals surface area contributed by atoms with Gasteiger partial charge in [0.25, 0.3) is 0 Å². The molecule has 1 aliphatic rings. The minimum atomic E-state index is 0.159. The van der Waals surface area contributed by atoms with Crippen molar-refractivity contribution in [2.24, 2.45) is 0 Å². The van der Waals surface area contributed by atoms with Crippen molar-refractivity contribution in [3.8, 4) is 0 Å². The fourth-order valence-corrected chi connectivity index (χ4v) is 2.99. The Morgan fingerprint density at radius 3 is 2.91 bits per heavy atom. The summed E-state index contributed by atoms with van der Waals surface area (Å²) >= 11 is 0. The molecule has 0 radical (unpaired) electrons. The zero-order valence-corrected chi connectivity index (χ0v) is 13.6. The van der Waals surface area contributed by atoms with Crippen molar-refractivity contribution in [2.75, 3.05) is 19.7 Å². The molecule has 0 amide bonds. The van der Waals surface area contributed by atoms with E-state index in [1.54, 1.807) is 12.7 Å². The lowest BCUT2D eigenvalue weighted by atomic mass is 9.99. The average molecular weight is 300 g/mol. The Morgan fingerprint density at radius 1 is 1.27 bits per heavy atom. The first kappa shape index (κ1) is 15.2. The second-order valence-corrected chi connectivity index (χ2v) is 6.18. The zero-order chi connectivity index (χ0) is 15.5. The predicted molar refractivity (Wildman–Crippen MR) is 85.7 cm³/mol. The number of rotatable bonds is 4. The van der Waals surface area contributed by atoms with Crippen LogP contribution in [0.15, 0.2) is 30.9 Å². The minimum Gasteiger partial charge on any atom is -0.371 e. The molecular formula is C17H24N4O. The van der Waals surface area contributed by atoms with Crippen LogP contribution in [0.25, 0.3) is 0 Å². The van der Waals surface area contributed by atoms with E-state index in [0.717, 1.165) is 26.2 Å². The van der Waals surface area contributed by atoms with Crippen LogP contribution in [-0.4, -0.2) is 45.4 Å². The maximum Gasteiger partial charge on any atom is 0.137 e. The van der Waals surface area contributed by atoms with Gasteiger partial charge in [0.1, 0.15) is 12.7 Å². The first-order valence-electron chi connectivity index (χ1n) is 7.88. The van der Waals surface area contributed by atoms with E-state index >= 15 is 0 Å². The number of benzene rings is 1. The van der Waals surface area contributed by atoms with Gasteiger partial charge in [0.15, 0.2) is 0 Å². The highest BCUT2D eigenvalue weighted by atomic mass is 16.5.